The van der Waals surface area contributed by atoms with Crippen molar-refractivity contribution in [2.24, 2.45) is 0 Å². The van der Waals surface area contributed by atoms with Crippen LogP contribution < -0.4 is 0 Å². The molecule has 2 atom stereocenters. The topological polar surface area (TPSA) is 43.7 Å². The molecule has 0 radical (unpaired) electrons. The first-order chi connectivity index (χ1) is 11.1. The molecule has 3 rings (SSSR count). The minimum atomic E-state index is -0.524. The Morgan fingerprint density at radius 2 is 1.57 bits per heavy atom. The molecule has 0 aliphatic carbocycles. The van der Waals surface area contributed by atoms with E-state index < -0.39 is 6.10 Å². The summed E-state index contributed by atoms with van der Waals surface area (Å²) in [5, 5.41) is 20.0. The highest BCUT2D eigenvalue weighted by atomic mass is 16.3. The molecule has 3 heteroatoms. The van der Waals surface area contributed by atoms with E-state index in [0.717, 1.165) is 31.5 Å². The number of benzene rings is 2. The van der Waals surface area contributed by atoms with Crippen LogP contribution in [0.2, 0.25) is 0 Å². The minimum Gasteiger partial charge on any atom is -0.508 e. The SMILES string of the molecule is CC(C(O)c1ccc(O)cc1)N1CCC(c2ccccc2)CC1. The lowest BCUT2D eigenvalue weighted by atomic mass is 9.88. The first-order valence-corrected chi connectivity index (χ1v) is 8.41. The molecule has 2 aromatic rings. The van der Waals surface area contributed by atoms with Gasteiger partial charge in [-0.2, -0.15) is 0 Å². The van der Waals surface area contributed by atoms with Gasteiger partial charge in [-0.15, -0.1) is 0 Å². The zero-order valence-electron chi connectivity index (χ0n) is 13.6. The Morgan fingerprint density at radius 1 is 0.957 bits per heavy atom. The van der Waals surface area contributed by atoms with Crippen molar-refractivity contribution in [1.29, 1.82) is 0 Å². The highest BCUT2D eigenvalue weighted by molar-refractivity contribution is 5.28. The van der Waals surface area contributed by atoms with Crippen LogP contribution >= 0.6 is 0 Å². The molecule has 3 nitrogen and oxygen atoms in total. The molecule has 0 spiro atoms. The normalized spacial score (nSPS) is 19.4. The number of aromatic hydroxyl groups is 1. The fraction of sp³-hybridized carbons (Fsp3) is 0.400. The molecule has 122 valence electrons. The predicted octanol–water partition coefficient (Wildman–Crippen LogP) is 3.69. The van der Waals surface area contributed by atoms with Crippen LogP contribution in [0.1, 0.15) is 42.9 Å². The quantitative estimate of drug-likeness (QED) is 0.905. The van der Waals surface area contributed by atoms with E-state index in [-0.39, 0.29) is 11.8 Å². The van der Waals surface area contributed by atoms with Crippen molar-refractivity contribution < 1.29 is 10.2 Å². The summed E-state index contributed by atoms with van der Waals surface area (Å²) < 4.78 is 0. The molecule has 1 aliphatic heterocycles. The smallest absolute Gasteiger partial charge is 0.115 e. The summed E-state index contributed by atoms with van der Waals surface area (Å²) in [5.74, 6) is 0.864. The van der Waals surface area contributed by atoms with Crippen LogP contribution in [0, 0.1) is 0 Å². The molecule has 1 heterocycles. The third-order valence-corrected chi connectivity index (χ3v) is 5.07. The Balaban J connectivity index is 1.59. The number of aliphatic hydroxyl groups is 1. The molecular weight excluding hydrogens is 286 g/mol. The Hall–Kier alpha value is -1.84. The Bertz CT molecular complexity index is 603. The molecule has 0 amide bonds. The van der Waals surface area contributed by atoms with Gasteiger partial charge in [-0.25, -0.2) is 0 Å². The first-order valence-electron chi connectivity index (χ1n) is 8.41. The van der Waals surface area contributed by atoms with Crippen molar-refractivity contribution in [3.05, 3.63) is 65.7 Å². The number of rotatable bonds is 4. The summed E-state index contributed by atoms with van der Waals surface area (Å²) in [7, 11) is 0. The summed E-state index contributed by atoms with van der Waals surface area (Å²) in [5.41, 5.74) is 2.29. The van der Waals surface area contributed by atoms with Crippen LogP contribution in [-0.2, 0) is 0 Å². The van der Waals surface area contributed by atoms with E-state index in [1.807, 2.05) is 0 Å². The summed E-state index contributed by atoms with van der Waals surface area (Å²) in [6.07, 6.45) is 1.75. The average molecular weight is 311 g/mol. The number of piperidine rings is 1. The second kappa shape index (κ2) is 7.16. The van der Waals surface area contributed by atoms with Gasteiger partial charge in [0, 0.05) is 6.04 Å². The zero-order valence-corrected chi connectivity index (χ0v) is 13.6. The van der Waals surface area contributed by atoms with Crippen LogP contribution in [-0.4, -0.2) is 34.2 Å². The summed E-state index contributed by atoms with van der Waals surface area (Å²) in [6.45, 7) is 4.10. The number of hydrogen-bond donors (Lipinski definition) is 2. The maximum absolute atomic E-state index is 10.6. The van der Waals surface area contributed by atoms with Gasteiger partial charge in [0.05, 0.1) is 6.10 Å². The van der Waals surface area contributed by atoms with Gasteiger partial charge in [-0.1, -0.05) is 42.5 Å². The maximum atomic E-state index is 10.6. The van der Waals surface area contributed by atoms with Crippen molar-refractivity contribution in [2.75, 3.05) is 13.1 Å². The Labute approximate surface area is 138 Å². The molecule has 0 aromatic heterocycles. The van der Waals surface area contributed by atoms with Crippen LogP contribution in [0.15, 0.2) is 54.6 Å². The van der Waals surface area contributed by atoms with E-state index in [1.165, 1.54) is 5.56 Å². The fourth-order valence-corrected chi connectivity index (χ4v) is 3.51. The van der Waals surface area contributed by atoms with E-state index in [1.54, 1.807) is 24.3 Å². The second-order valence-corrected chi connectivity index (χ2v) is 6.50. The van der Waals surface area contributed by atoms with Gasteiger partial charge >= 0.3 is 0 Å². The molecule has 1 saturated heterocycles. The molecule has 0 bridgehead atoms. The molecule has 2 N–H and O–H groups in total. The summed E-state index contributed by atoms with van der Waals surface area (Å²) in [6, 6.07) is 17.7. The van der Waals surface area contributed by atoms with Crippen LogP contribution in [0.25, 0.3) is 0 Å². The van der Waals surface area contributed by atoms with Crippen LogP contribution in [0.3, 0.4) is 0 Å². The predicted molar refractivity (Wildman–Crippen MR) is 92.5 cm³/mol. The monoisotopic (exact) mass is 311 g/mol. The van der Waals surface area contributed by atoms with Crippen LogP contribution in [0.4, 0.5) is 0 Å². The molecule has 2 unspecified atom stereocenters. The molecule has 23 heavy (non-hydrogen) atoms. The lowest BCUT2D eigenvalue weighted by Crippen LogP contribution is -2.42. The van der Waals surface area contributed by atoms with E-state index in [9.17, 15) is 10.2 Å². The van der Waals surface area contributed by atoms with E-state index in [2.05, 4.69) is 42.2 Å². The maximum Gasteiger partial charge on any atom is 0.115 e. The number of likely N-dealkylation sites (tertiary alicyclic amines) is 1. The third-order valence-electron chi connectivity index (χ3n) is 5.07. The first kappa shape index (κ1) is 16.0. The highest BCUT2D eigenvalue weighted by Gasteiger charge is 2.28. The van der Waals surface area contributed by atoms with Gasteiger partial charge in [0.2, 0.25) is 0 Å². The Kier molecular flexibility index (Phi) is 4.99. The summed E-state index contributed by atoms with van der Waals surface area (Å²) >= 11 is 0. The van der Waals surface area contributed by atoms with Gasteiger partial charge in [-0.05, 0) is 62.0 Å². The number of phenolic OH excluding ortho intramolecular Hbond substituents is 1. The van der Waals surface area contributed by atoms with Crippen molar-refractivity contribution in [3.63, 3.8) is 0 Å². The summed E-state index contributed by atoms with van der Waals surface area (Å²) in [4.78, 5) is 2.37. The van der Waals surface area contributed by atoms with Gasteiger partial charge in [-0.3, -0.25) is 4.90 Å². The number of hydrogen-bond acceptors (Lipinski definition) is 3. The minimum absolute atomic E-state index is 0.0799. The molecule has 1 aliphatic rings. The standard InChI is InChI=1S/C20H25NO2/c1-15(20(23)18-7-9-19(22)10-8-18)21-13-11-17(12-14-21)16-5-3-2-4-6-16/h2-10,15,17,20,22-23H,11-14H2,1H3. The number of nitrogens with zero attached hydrogens (tertiary/aromatic N) is 1. The lowest BCUT2D eigenvalue weighted by Gasteiger charge is -2.38. The van der Waals surface area contributed by atoms with E-state index >= 15 is 0 Å². The Morgan fingerprint density at radius 3 is 2.17 bits per heavy atom. The van der Waals surface area contributed by atoms with Crippen molar-refractivity contribution in [2.45, 2.75) is 37.8 Å². The average Bonchev–Trinajstić information content (AvgIpc) is 2.62. The second-order valence-electron chi connectivity index (χ2n) is 6.50. The third kappa shape index (κ3) is 3.74. The lowest BCUT2D eigenvalue weighted by molar-refractivity contribution is 0.0436. The van der Waals surface area contributed by atoms with Crippen molar-refractivity contribution in [1.82, 2.24) is 4.90 Å². The molecular formula is C20H25NO2. The molecule has 0 saturated carbocycles. The zero-order chi connectivity index (χ0) is 16.2. The van der Waals surface area contributed by atoms with Gasteiger partial charge in [0.1, 0.15) is 5.75 Å². The molecule has 1 fully saturated rings. The van der Waals surface area contributed by atoms with Crippen LogP contribution in [0.5, 0.6) is 5.75 Å². The number of aliphatic hydroxyl groups excluding tert-OH is 1. The number of phenols is 1. The fourth-order valence-electron chi connectivity index (χ4n) is 3.51. The van der Waals surface area contributed by atoms with E-state index in [0.29, 0.717) is 5.92 Å². The largest absolute Gasteiger partial charge is 0.508 e. The van der Waals surface area contributed by atoms with Crippen molar-refractivity contribution in [3.8, 4) is 5.75 Å². The van der Waals surface area contributed by atoms with Gasteiger partial charge in [0.25, 0.3) is 0 Å². The van der Waals surface area contributed by atoms with Crippen molar-refractivity contribution >= 4 is 0 Å². The van der Waals surface area contributed by atoms with Gasteiger partial charge in [0.15, 0.2) is 0 Å². The van der Waals surface area contributed by atoms with Gasteiger partial charge < -0.3 is 10.2 Å². The highest BCUT2D eigenvalue weighted by Crippen LogP contribution is 2.31. The van der Waals surface area contributed by atoms with E-state index in [4.69, 9.17) is 0 Å². The molecule has 2 aromatic carbocycles.